The zero-order valence-electron chi connectivity index (χ0n) is 15.4. The van der Waals surface area contributed by atoms with Crippen molar-refractivity contribution in [2.45, 2.75) is 38.5 Å². The van der Waals surface area contributed by atoms with E-state index in [1.807, 2.05) is 29.9 Å². The second kappa shape index (κ2) is 10.8. The number of nitrogens with zero attached hydrogens (tertiary/aromatic N) is 3. The van der Waals surface area contributed by atoms with Gasteiger partial charge in [-0.1, -0.05) is 18.2 Å². The predicted octanol–water partition coefficient (Wildman–Crippen LogP) is 3.75. The van der Waals surface area contributed by atoms with Crippen LogP contribution in [0.2, 0.25) is 0 Å². The van der Waals surface area contributed by atoms with Gasteiger partial charge in [-0.3, -0.25) is 0 Å². The Morgan fingerprint density at radius 2 is 2.15 bits per heavy atom. The molecular formula is C19H28IN5S. The molecule has 1 aliphatic rings. The largest absolute Gasteiger partial charge is 0.357 e. The highest BCUT2D eigenvalue weighted by molar-refractivity contribution is 14.0. The molecule has 5 nitrogen and oxygen atoms in total. The van der Waals surface area contributed by atoms with Crippen molar-refractivity contribution < 1.29 is 0 Å². The summed E-state index contributed by atoms with van der Waals surface area (Å²) in [5.74, 6) is 2.18. The minimum Gasteiger partial charge on any atom is -0.357 e. The summed E-state index contributed by atoms with van der Waals surface area (Å²) in [6.45, 7) is 6.58. The number of hydrogen-bond donors (Lipinski definition) is 2. The Morgan fingerprint density at radius 3 is 2.85 bits per heavy atom. The van der Waals surface area contributed by atoms with E-state index in [9.17, 15) is 0 Å². The van der Waals surface area contributed by atoms with Crippen molar-refractivity contribution in [3.63, 3.8) is 0 Å². The molecule has 1 saturated heterocycles. The van der Waals surface area contributed by atoms with E-state index in [0.717, 1.165) is 36.0 Å². The molecule has 2 N–H and O–H groups in total. The van der Waals surface area contributed by atoms with Gasteiger partial charge in [-0.25, -0.2) is 9.67 Å². The smallest absolute Gasteiger partial charge is 0.191 e. The Kier molecular flexibility index (Phi) is 8.77. The maximum absolute atomic E-state index is 4.78. The normalized spacial score (nSPS) is 17.0. The molecule has 2 heterocycles. The lowest BCUT2D eigenvalue weighted by Gasteiger charge is -2.15. The summed E-state index contributed by atoms with van der Waals surface area (Å²) in [6, 6.07) is 10.3. The number of hydrogen-bond acceptors (Lipinski definition) is 3. The molecule has 0 spiro atoms. The quantitative estimate of drug-likeness (QED) is 0.372. The van der Waals surface area contributed by atoms with E-state index in [1.54, 1.807) is 0 Å². The fraction of sp³-hybridized carbons (Fsp3) is 0.474. The molecule has 0 radical (unpaired) electrons. The Balaban J connectivity index is 0.00000243. The van der Waals surface area contributed by atoms with Crippen LogP contribution in [-0.2, 0) is 6.54 Å². The third-order valence-electron chi connectivity index (χ3n) is 4.23. The van der Waals surface area contributed by atoms with Crippen LogP contribution < -0.4 is 10.6 Å². The number of guanidine groups is 1. The van der Waals surface area contributed by atoms with E-state index in [0.29, 0.717) is 11.8 Å². The minimum absolute atomic E-state index is 0. The topological polar surface area (TPSA) is 54.2 Å². The Hall–Kier alpha value is -1.22. The van der Waals surface area contributed by atoms with E-state index < -0.39 is 0 Å². The lowest BCUT2D eigenvalue weighted by Crippen LogP contribution is -2.40. The lowest BCUT2D eigenvalue weighted by atomic mass is 10.2. The van der Waals surface area contributed by atoms with Crippen LogP contribution in [0, 0.1) is 6.92 Å². The highest BCUT2D eigenvalue weighted by atomic mass is 127. The molecule has 1 fully saturated rings. The highest BCUT2D eigenvalue weighted by Gasteiger charge is 2.15. The maximum atomic E-state index is 4.78. The summed E-state index contributed by atoms with van der Waals surface area (Å²) in [5, 5.41) is 12.1. The number of nitrogens with one attached hydrogen (secondary N) is 2. The standard InChI is InChI=1S/C19H27N5S.HI/c1-3-20-19(22-14-17-8-6-12-25-17)21-13-16-7-4-5-9-18(16)24-11-10-15(2)23-24;/h4-5,7,9-11,17H,3,6,8,12-14H2,1-2H3,(H2,20,21,22);1H. The average Bonchev–Trinajstić information content (AvgIpc) is 3.29. The van der Waals surface area contributed by atoms with Crippen LogP contribution in [0.3, 0.4) is 0 Å². The van der Waals surface area contributed by atoms with Crippen LogP contribution in [-0.4, -0.2) is 39.8 Å². The van der Waals surface area contributed by atoms with Gasteiger partial charge in [0.1, 0.15) is 0 Å². The zero-order valence-corrected chi connectivity index (χ0v) is 18.6. The number of halogens is 1. The number of thioether (sulfide) groups is 1. The van der Waals surface area contributed by atoms with Gasteiger partial charge in [0, 0.05) is 24.5 Å². The molecule has 26 heavy (non-hydrogen) atoms. The van der Waals surface area contributed by atoms with Gasteiger partial charge in [-0.05, 0) is 50.1 Å². The second-order valence-electron chi connectivity index (χ2n) is 6.24. The number of benzene rings is 1. The maximum Gasteiger partial charge on any atom is 0.191 e. The van der Waals surface area contributed by atoms with Gasteiger partial charge in [0.15, 0.2) is 5.96 Å². The van der Waals surface area contributed by atoms with Crippen LogP contribution >= 0.6 is 35.7 Å². The summed E-state index contributed by atoms with van der Waals surface area (Å²) in [6.07, 6.45) is 4.64. The van der Waals surface area contributed by atoms with Gasteiger partial charge in [0.05, 0.1) is 17.9 Å². The third kappa shape index (κ3) is 5.90. The first kappa shape index (κ1) is 21.1. The molecule has 1 aromatic carbocycles. The van der Waals surface area contributed by atoms with Crippen molar-refractivity contribution in [3.8, 4) is 5.69 Å². The van der Waals surface area contributed by atoms with Crippen LogP contribution in [0.15, 0.2) is 41.5 Å². The minimum atomic E-state index is 0. The SMILES string of the molecule is CCNC(=NCc1ccccc1-n1ccc(C)n1)NCC1CCCS1.I. The molecule has 0 amide bonds. The van der Waals surface area contributed by atoms with Crippen molar-refractivity contribution in [2.75, 3.05) is 18.8 Å². The van der Waals surface area contributed by atoms with Crippen molar-refractivity contribution in [1.82, 2.24) is 20.4 Å². The van der Waals surface area contributed by atoms with Gasteiger partial charge in [0.2, 0.25) is 0 Å². The molecule has 7 heteroatoms. The Morgan fingerprint density at radius 1 is 1.31 bits per heavy atom. The summed E-state index contributed by atoms with van der Waals surface area (Å²) in [5.41, 5.74) is 3.27. The molecule has 1 atom stereocenters. The highest BCUT2D eigenvalue weighted by Crippen LogP contribution is 2.25. The number of aryl methyl sites for hydroxylation is 1. The Bertz CT molecular complexity index is 709. The summed E-state index contributed by atoms with van der Waals surface area (Å²) in [4.78, 5) is 4.78. The monoisotopic (exact) mass is 485 g/mol. The van der Waals surface area contributed by atoms with E-state index in [1.165, 1.54) is 18.6 Å². The van der Waals surface area contributed by atoms with Crippen molar-refractivity contribution in [3.05, 3.63) is 47.8 Å². The summed E-state index contributed by atoms with van der Waals surface area (Å²) in [7, 11) is 0. The number of rotatable bonds is 6. The fourth-order valence-electron chi connectivity index (χ4n) is 2.94. The predicted molar refractivity (Wildman–Crippen MR) is 122 cm³/mol. The third-order valence-corrected chi connectivity index (χ3v) is 5.63. The molecule has 1 aliphatic heterocycles. The molecule has 3 rings (SSSR count). The van der Waals surface area contributed by atoms with Crippen molar-refractivity contribution in [2.24, 2.45) is 4.99 Å². The molecule has 1 aromatic heterocycles. The molecule has 0 bridgehead atoms. The van der Waals surface area contributed by atoms with Crippen LogP contribution in [0.25, 0.3) is 5.69 Å². The van der Waals surface area contributed by atoms with Crippen molar-refractivity contribution >= 4 is 41.7 Å². The van der Waals surface area contributed by atoms with E-state index >= 15 is 0 Å². The Labute approximate surface area is 177 Å². The molecule has 1 unspecified atom stereocenters. The first-order chi connectivity index (χ1) is 12.3. The molecule has 0 saturated carbocycles. The van der Waals surface area contributed by atoms with Gasteiger partial charge >= 0.3 is 0 Å². The lowest BCUT2D eigenvalue weighted by molar-refractivity contribution is 0.726. The molecule has 0 aliphatic carbocycles. The van der Waals surface area contributed by atoms with Crippen LogP contribution in [0.1, 0.15) is 31.0 Å². The van der Waals surface area contributed by atoms with E-state index in [-0.39, 0.29) is 24.0 Å². The number of para-hydroxylation sites is 1. The first-order valence-electron chi connectivity index (χ1n) is 9.00. The van der Waals surface area contributed by atoms with Gasteiger partial charge in [-0.15, -0.1) is 24.0 Å². The summed E-state index contributed by atoms with van der Waals surface area (Å²) < 4.78 is 1.93. The number of aliphatic imine (C=N–C) groups is 1. The summed E-state index contributed by atoms with van der Waals surface area (Å²) >= 11 is 2.06. The first-order valence-corrected chi connectivity index (χ1v) is 10.1. The fourth-order valence-corrected chi connectivity index (χ4v) is 4.14. The van der Waals surface area contributed by atoms with Gasteiger partial charge < -0.3 is 10.6 Å². The zero-order chi connectivity index (χ0) is 17.5. The van der Waals surface area contributed by atoms with E-state index in [4.69, 9.17) is 4.99 Å². The van der Waals surface area contributed by atoms with Gasteiger partial charge in [0.25, 0.3) is 0 Å². The van der Waals surface area contributed by atoms with Crippen LogP contribution in [0.5, 0.6) is 0 Å². The number of aromatic nitrogens is 2. The second-order valence-corrected chi connectivity index (χ2v) is 7.65. The van der Waals surface area contributed by atoms with E-state index in [2.05, 4.69) is 52.6 Å². The molecular weight excluding hydrogens is 457 g/mol. The molecule has 142 valence electrons. The van der Waals surface area contributed by atoms with Gasteiger partial charge in [-0.2, -0.15) is 16.9 Å². The van der Waals surface area contributed by atoms with Crippen molar-refractivity contribution in [1.29, 1.82) is 0 Å². The molecule has 2 aromatic rings. The average molecular weight is 485 g/mol. The van der Waals surface area contributed by atoms with Crippen LogP contribution in [0.4, 0.5) is 0 Å².